The summed E-state index contributed by atoms with van der Waals surface area (Å²) in [5.74, 6) is -2.66. The maximum Gasteiger partial charge on any atom is 0.343 e. The van der Waals surface area contributed by atoms with E-state index in [1.165, 1.54) is 95.1 Å². The number of nitrogens with zero attached hydrogens (tertiary/aromatic N) is 1. The van der Waals surface area contributed by atoms with Crippen molar-refractivity contribution in [3.05, 3.63) is 175 Å². The number of aliphatic imine (C=N–C) groups is 1. The van der Waals surface area contributed by atoms with Crippen LogP contribution >= 0.6 is 0 Å². The van der Waals surface area contributed by atoms with Crippen molar-refractivity contribution in [2.45, 2.75) is 38.9 Å². The number of esters is 6. The van der Waals surface area contributed by atoms with Crippen molar-refractivity contribution in [2.24, 2.45) is 4.99 Å². The van der Waals surface area contributed by atoms with Crippen LogP contribution in [0.5, 0.6) is 23.0 Å². The summed E-state index contributed by atoms with van der Waals surface area (Å²) in [6.07, 6.45) is 1.94. The second kappa shape index (κ2) is 25.9. The third kappa shape index (κ3) is 15.0. The minimum absolute atomic E-state index is 0.113. The predicted octanol–water partition coefficient (Wildman–Crippen LogP) is 8.76. The van der Waals surface area contributed by atoms with Gasteiger partial charge in [0.05, 0.1) is 16.8 Å². The summed E-state index contributed by atoms with van der Waals surface area (Å²) < 4.78 is 42.8. The normalized spacial score (nSPS) is 11.6. The van der Waals surface area contributed by atoms with Crippen LogP contribution in [-0.2, 0) is 38.1 Å². The predicted molar refractivity (Wildman–Crippen MR) is 256 cm³/mol. The molecule has 15 heteroatoms. The molecule has 0 N–H and O–H groups in total. The first kappa shape index (κ1) is 51.4. The molecule has 0 heterocycles. The van der Waals surface area contributed by atoms with Gasteiger partial charge in [-0.15, -0.1) is 0 Å². The zero-order valence-electron chi connectivity index (χ0n) is 38.4. The average molecular weight is 938 g/mol. The minimum Gasteiger partial charge on any atom is -0.490 e. The first-order chi connectivity index (χ1) is 33.4. The third-order valence-electron chi connectivity index (χ3n) is 9.87. The molecule has 356 valence electrons. The molecule has 0 radical (unpaired) electrons. The molecule has 1 aliphatic carbocycles. The standard InChI is InChI=1S/C40H40O14.C14H11N/c1-6-26-21-31(53-39(45)27-11-15-29(16-12-27)47-22-32(51-37(43)9-4)24-49-35(41)7-2)19-20-34(26)54-40(46)28-13-17-30(18-14-28)48-23-33(52-38(44)10-5)25-50-36(42)8-3;1-15-14-12-8-4-2-6-10(12)11-7-3-5-9-13(11)14/h6-8,11-21,32-33H,1-3,9-10,22-25H2,4-5H3;2-9H,1H3. The van der Waals surface area contributed by atoms with Crippen LogP contribution in [0.15, 0.2) is 152 Å². The van der Waals surface area contributed by atoms with Crippen LogP contribution in [0.2, 0.25) is 0 Å². The van der Waals surface area contributed by atoms with Gasteiger partial charge >= 0.3 is 35.8 Å². The first-order valence-electron chi connectivity index (χ1n) is 21.7. The lowest BCUT2D eigenvalue weighted by atomic mass is 10.1. The number of benzene rings is 5. The summed E-state index contributed by atoms with van der Waals surface area (Å²) in [6.45, 7) is 13.0. The molecule has 1 aliphatic rings. The van der Waals surface area contributed by atoms with Crippen molar-refractivity contribution in [1.29, 1.82) is 0 Å². The molecular weight excluding hydrogens is 887 g/mol. The van der Waals surface area contributed by atoms with E-state index in [1.54, 1.807) is 13.8 Å². The molecule has 0 amide bonds. The van der Waals surface area contributed by atoms with E-state index in [9.17, 15) is 28.8 Å². The molecule has 0 aromatic heterocycles. The Kier molecular flexibility index (Phi) is 19.3. The second-order valence-electron chi connectivity index (χ2n) is 14.6. The molecule has 0 saturated carbocycles. The van der Waals surface area contributed by atoms with Gasteiger partial charge in [0.2, 0.25) is 0 Å². The Labute approximate surface area is 399 Å². The first-order valence-corrected chi connectivity index (χ1v) is 21.7. The highest BCUT2D eigenvalue weighted by molar-refractivity contribution is 6.24. The zero-order chi connectivity index (χ0) is 49.7. The molecule has 6 rings (SSSR count). The van der Waals surface area contributed by atoms with Crippen LogP contribution in [0.3, 0.4) is 0 Å². The van der Waals surface area contributed by atoms with Gasteiger partial charge < -0.3 is 37.9 Å². The van der Waals surface area contributed by atoms with E-state index in [4.69, 9.17) is 37.9 Å². The molecule has 0 saturated heterocycles. The Morgan fingerprint density at radius 2 is 0.957 bits per heavy atom. The van der Waals surface area contributed by atoms with Crippen LogP contribution in [0, 0.1) is 0 Å². The van der Waals surface area contributed by atoms with Crippen molar-refractivity contribution in [2.75, 3.05) is 33.5 Å². The fourth-order valence-electron chi connectivity index (χ4n) is 6.39. The molecule has 2 unspecified atom stereocenters. The van der Waals surface area contributed by atoms with E-state index in [0.717, 1.165) is 17.9 Å². The Morgan fingerprint density at radius 1 is 0.536 bits per heavy atom. The van der Waals surface area contributed by atoms with Gasteiger partial charge in [-0.1, -0.05) is 88.2 Å². The second-order valence-corrected chi connectivity index (χ2v) is 14.6. The maximum absolute atomic E-state index is 12.9. The number of ether oxygens (including phenoxy) is 8. The largest absolute Gasteiger partial charge is 0.490 e. The molecule has 0 aliphatic heterocycles. The van der Waals surface area contributed by atoms with Gasteiger partial charge in [-0.3, -0.25) is 14.6 Å². The van der Waals surface area contributed by atoms with Crippen molar-refractivity contribution >= 4 is 47.6 Å². The van der Waals surface area contributed by atoms with Crippen LogP contribution in [-0.4, -0.2) is 87.2 Å². The molecule has 15 nitrogen and oxygen atoms in total. The third-order valence-corrected chi connectivity index (χ3v) is 9.87. The summed E-state index contributed by atoms with van der Waals surface area (Å²) in [5, 5.41) is 0. The number of carbonyl (C=O) groups is 6. The summed E-state index contributed by atoms with van der Waals surface area (Å²) in [7, 11) is 1.86. The number of carbonyl (C=O) groups excluding carboxylic acids is 6. The topological polar surface area (TPSA) is 189 Å². The number of hydrogen-bond acceptors (Lipinski definition) is 15. The Bertz CT molecular complexity index is 2640. The number of fused-ring (bicyclic) bond motifs is 3. The fraction of sp³-hybridized carbons (Fsp3) is 0.204. The van der Waals surface area contributed by atoms with Crippen LogP contribution in [0.1, 0.15) is 64.1 Å². The van der Waals surface area contributed by atoms with E-state index in [-0.39, 0.29) is 61.9 Å². The minimum atomic E-state index is -0.862. The molecule has 0 fully saturated rings. The van der Waals surface area contributed by atoms with Crippen molar-refractivity contribution in [1.82, 2.24) is 0 Å². The average Bonchev–Trinajstić information content (AvgIpc) is 3.71. The number of rotatable bonds is 21. The van der Waals surface area contributed by atoms with Gasteiger partial charge in [0.1, 0.15) is 49.4 Å². The van der Waals surface area contributed by atoms with E-state index in [1.807, 2.05) is 7.05 Å². The van der Waals surface area contributed by atoms with E-state index < -0.39 is 48.0 Å². The van der Waals surface area contributed by atoms with Gasteiger partial charge in [0.15, 0.2) is 12.2 Å². The molecule has 5 aromatic carbocycles. The zero-order valence-corrected chi connectivity index (χ0v) is 38.4. The Hall–Kier alpha value is -8.59. The van der Waals surface area contributed by atoms with Gasteiger partial charge in [0.25, 0.3) is 0 Å². The van der Waals surface area contributed by atoms with E-state index in [2.05, 4.69) is 73.3 Å². The smallest absolute Gasteiger partial charge is 0.343 e. The highest BCUT2D eigenvalue weighted by Gasteiger charge is 2.23. The fourth-order valence-corrected chi connectivity index (χ4v) is 6.39. The number of hydrogen-bond donors (Lipinski definition) is 0. The van der Waals surface area contributed by atoms with Crippen molar-refractivity contribution in [3.63, 3.8) is 0 Å². The van der Waals surface area contributed by atoms with Crippen LogP contribution in [0.4, 0.5) is 0 Å². The summed E-state index contributed by atoms with van der Waals surface area (Å²) in [5.41, 5.74) is 6.99. The highest BCUT2D eigenvalue weighted by Crippen LogP contribution is 2.36. The molecule has 69 heavy (non-hydrogen) atoms. The summed E-state index contributed by atoms with van der Waals surface area (Å²) in [6, 6.07) is 33.2. The van der Waals surface area contributed by atoms with Crippen molar-refractivity contribution in [3.8, 4) is 34.1 Å². The van der Waals surface area contributed by atoms with E-state index in [0.29, 0.717) is 17.1 Å². The summed E-state index contributed by atoms with van der Waals surface area (Å²) in [4.78, 5) is 76.5. The van der Waals surface area contributed by atoms with E-state index >= 15 is 0 Å². The molecule has 2 atom stereocenters. The van der Waals surface area contributed by atoms with Gasteiger partial charge in [-0.2, -0.15) is 0 Å². The molecule has 5 aromatic rings. The quantitative estimate of drug-likeness (QED) is 0.0288. The molecular formula is C54H51NO14. The van der Waals surface area contributed by atoms with Gasteiger partial charge in [-0.05, 0) is 77.9 Å². The lowest BCUT2D eigenvalue weighted by molar-refractivity contribution is -0.158. The van der Waals surface area contributed by atoms with Crippen LogP contribution in [0.25, 0.3) is 17.2 Å². The van der Waals surface area contributed by atoms with Crippen molar-refractivity contribution < 1.29 is 66.7 Å². The summed E-state index contributed by atoms with van der Waals surface area (Å²) >= 11 is 0. The monoisotopic (exact) mass is 937 g/mol. The lowest BCUT2D eigenvalue weighted by Crippen LogP contribution is -2.30. The van der Waals surface area contributed by atoms with Gasteiger partial charge in [0, 0.05) is 48.7 Å². The SMILES string of the molecule is C=CC(=O)OCC(COc1ccc(C(=O)Oc2ccc(OC(=O)c3ccc(OCC(COC(=O)C=C)OC(=O)CC)cc3)c(C=C)c2)cc1)OC(=O)CC.CN=C1c2ccccc2-c2ccccc21. The molecule has 0 spiro atoms. The Balaban J connectivity index is 0.000000493. The Morgan fingerprint density at radius 3 is 1.36 bits per heavy atom. The van der Waals surface area contributed by atoms with Crippen LogP contribution < -0.4 is 18.9 Å². The molecule has 0 bridgehead atoms. The van der Waals surface area contributed by atoms with Gasteiger partial charge in [-0.25, -0.2) is 19.2 Å². The maximum atomic E-state index is 12.9. The highest BCUT2D eigenvalue weighted by atomic mass is 16.6. The lowest BCUT2D eigenvalue weighted by Gasteiger charge is -2.18.